The van der Waals surface area contributed by atoms with Crippen LogP contribution in [0, 0.1) is 0 Å². The van der Waals surface area contributed by atoms with Gasteiger partial charge in [0, 0.05) is 45.1 Å². The Kier molecular flexibility index (Phi) is 15.6. The van der Waals surface area contributed by atoms with Gasteiger partial charge in [-0.1, -0.05) is 175 Å². The summed E-state index contributed by atoms with van der Waals surface area (Å²) >= 11 is 0. The monoisotopic (exact) mass is 799 g/mol. The van der Waals surface area contributed by atoms with Gasteiger partial charge in [0.2, 0.25) is 0 Å². The van der Waals surface area contributed by atoms with Crippen molar-refractivity contribution in [2.45, 2.75) is 188 Å². The van der Waals surface area contributed by atoms with E-state index >= 15 is 0 Å². The summed E-state index contributed by atoms with van der Waals surface area (Å²) in [6.07, 6.45) is 22.3. The first kappa shape index (κ1) is 44.2. The van der Waals surface area contributed by atoms with Crippen LogP contribution in [-0.4, -0.2) is 45.5 Å². The van der Waals surface area contributed by atoms with E-state index in [-0.39, 0.29) is 35.7 Å². The average Bonchev–Trinajstić information content (AvgIpc) is 3.24. The Hall–Kier alpha value is -4.32. The van der Waals surface area contributed by atoms with E-state index in [1.807, 2.05) is 48.5 Å². The Morgan fingerprint density at radius 3 is 0.797 bits per heavy atom. The van der Waals surface area contributed by atoms with Gasteiger partial charge in [-0.15, -0.1) is 0 Å². The van der Waals surface area contributed by atoms with Gasteiger partial charge < -0.3 is 0 Å². The maximum Gasteiger partial charge on any atom is 0.261 e. The maximum atomic E-state index is 14.5. The summed E-state index contributed by atoms with van der Waals surface area (Å²) in [6.45, 7) is 13.1. The number of hydrogen-bond acceptors (Lipinski definition) is 4. The quantitative estimate of drug-likeness (QED) is 0.0302. The minimum Gasteiger partial charge on any atom is -0.271 e. The van der Waals surface area contributed by atoms with Gasteiger partial charge >= 0.3 is 0 Å². The maximum absolute atomic E-state index is 14.5. The summed E-state index contributed by atoms with van der Waals surface area (Å²) in [5.74, 6) is -0.746. The van der Waals surface area contributed by atoms with Crippen LogP contribution in [0.5, 0.6) is 0 Å². The summed E-state index contributed by atoms with van der Waals surface area (Å²) in [5, 5.41) is 7.04. The van der Waals surface area contributed by atoms with E-state index in [1.54, 1.807) is 9.80 Å². The van der Waals surface area contributed by atoms with Crippen molar-refractivity contribution in [1.29, 1.82) is 0 Å². The lowest BCUT2D eigenvalue weighted by Crippen LogP contribution is -2.47. The molecule has 59 heavy (non-hydrogen) atoms. The number of carbonyl (C=O) groups excluding carboxylic acids is 4. The molecule has 0 saturated carbocycles. The van der Waals surface area contributed by atoms with Gasteiger partial charge in [0.15, 0.2) is 0 Å². The van der Waals surface area contributed by atoms with E-state index in [0.29, 0.717) is 22.3 Å². The number of imide groups is 2. The molecule has 7 rings (SSSR count). The SMILES string of the molecule is CCC.CCCCCCC(CCCCCC)N1C(=O)c2ccc3c4ccc5c6c(ccc(c7ccc(c2c37)C1=O)c64)C(=O)N(C(CCCCCC)CCCCCC)C5=O. The molecule has 4 amide bonds. The predicted molar refractivity (Wildman–Crippen MR) is 247 cm³/mol. The van der Waals surface area contributed by atoms with Crippen molar-refractivity contribution >= 4 is 66.7 Å². The zero-order valence-corrected chi connectivity index (χ0v) is 37.2. The van der Waals surface area contributed by atoms with Crippen molar-refractivity contribution < 1.29 is 19.2 Å². The summed E-state index contributed by atoms with van der Waals surface area (Å²) in [4.78, 5) is 61.3. The van der Waals surface area contributed by atoms with E-state index in [4.69, 9.17) is 0 Å². The van der Waals surface area contributed by atoms with Crippen LogP contribution >= 0.6 is 0 Å². The van der Waals surface area contributed by atoms with E-state index in [0.717, 1.165) is 172 Å². The van der Waals surface area contributed by atoms with Gasteiger partial charge in [-0.2, -0.15) is 0 Å². The molecule has 2 aliphatic rings. The molecular formula is C53H70N2O4. The molecule has 0 N–H and O–H groups in total. The van der Waals surface area contributed by atoms with Crippen molar-refractivity contribution in [2.75, 3.05) is 0 Å². The first-order chi connectivity index (χ1) is 28.8. The van der Waals surface area contributed by atoms with E-state index in [2.05, 4.69) is 41.5 Å². The fourth-order valence-electron chi connectivity index (χ4n) is 10.0. The summed E-state index contributed by atoms with van der Waals surface area (Å²) in [6, 6.07) is 15.6. The second-order valence-electron chi connectivity index (χ2n) is 17.5. The van der Waals surface area contributed by atoms with Crippen LogP contribution in [-0.2, 0) is 0 Å². The molecule has 0 aliphatic carbocycles. The molecule has 2 aliphatic heterocycles. The molecule has 0 bridgehead atoms. The topological polar surface area (TPSA) is 74.8 Å². The van der Waals surface area contributed by atoms with Gasteiger partial charge in [0.05, 0.1) is 0 Å². The number of unbranched alkanes of at least 4 members (excludes halogenated alkanes) is 12. The van der Waals surface area contributed by atoms with Crippen LogP contribution in [0.15, 0.2) is 48.5 Å². The van der Waals surface area contributed by atoms with Crippen molar-refractivity contribution in [3.8, 4) is 0 Å². The number of rotatable bonds is 22. The van der Waals surface area contributed by atoms with Gasteiger partial charge in [0.25, 0.3) is 23.6 Å². The van der Waals surface area contributed by atoms with E-state index in [1.165, 1.54) is 6.42 Å². The average molecular weight is 799 g/mol. The lowest BCUT2D eigenvalue weighted by molar-refractivity contribution is 0.0501. The minimum atomic E-state index is -0.187. The zero-order chi connectivity index (χ0) is 42.1. The van der Waals surface area contributed by atoms with Crippen molar-refractivity contribution in [2.24, 2.45) is 0 Å². The second kappa shape index (κ2) is 20.8. The van der Waals surface area contributed by atoms with Crippen LogP contribution in [0.1, 0.15) is 218 Å². The highest BCUT2D eigenvalue weighted by molar-refractivity contribution is 6.41. The van der Waals surface area contributed by atoms with Crippen LogP contribution < -0.4 is 0 Å². The normalized spacial score (nSPS) is 14.0. The molecule has 0 aromatic heterocycles. The number of benzene rings is 5. The molecule has 5 aromatic rings. The first-order valence-corrected chi connectivity index (χ1v) is 23.7. The Labute approximate surface area is 353 Å². The molecule has 0 saturated heterocycles. The Morgan fingerprint density at radius 2 is 0.576 bits per heavy atom. The number of hydrogen-bond donors (Lipinski definition) is 0. The smallest absolute Gasteiger partial charge is 0.261 e. The van der Waals surface area contributed by atoms with Crippen LogP contribution in [0.2, 0.25) is 0 Å². The summed E-state index contributed by atoms with van der Waals surface area (Å²) in [7, 11) is 0. The van der Waals surface area contributed by atoms with Crippen molar-refractivity contribution in [3.05, 3.63) is 70.8 Å². The molecule has 0 radical (unpaired) electrons. The standard InChI is InChI=1S/C50H62N2O4.C3H8/c1-5-9-13-17-21-33(22-18-14-10-6-2)51-47(53)39-29-25-35-37-27-31-41-46-42(32-28-38(44(37)46)36-26-30-40(48(51)54)45(39)43(35)36)50(56)52(49(41)55)34(23-19-15-11-7-3)24-20-16-12-8-4;1-3-2/h25-34H,5-24H2,1-4H3;3H2,1-2H3. The second-order valence-corrected chi connectivity index (χ2v) is 17.5. The number of carbonyl (C=O) groups is 4. The molecule has 6 nitrogen and oxygen atoms in total. The fourth-order valence-corrected chi connectivity index (χ4v) is 10.0. The van der Waals surface area contributed by atoms with Crippen molar-refractivity contribution in [3.63, 3.8) is 0 Å². The Balaban J connectivity index is 0.00000189. The van der Waals surface area contributed by atoms with Crippen LogP contribution in [0.4, 0.5) is 0 Å². The van der Waals surface area contributed by atoms with Crippen molar-refractivity contribution in [1.82, 2.24) is 9.80 Å². The molecule has 0 unspecified atom stereocenters. The predicted octanol–water partition coefficient (Wildman–Crippen LogP) is 15.0. The van der Waals surface area contributed by atoms with E-state index in [9.17, 15) is 19.2 Å². The van der Waals surface area contributed by atoms with Crippen LogP contribution in [0.3, 0.4) is 0 Å². The molecule has 0 fully saturated rings. The number of amides is 4. The molecule has 316 valence electrons. The highest BCUT2D eigenvalue weighted by Gasteiger charge is 2.40. The zero-order valence-electron chi connectivity index (χ0n) is 37.2. The first-order valence-electron chi connectivity index (χ1n) is 23.7. The Bertz CT molecular complexity index is 1950. The molecule has 6 heteroatoms. The Morgan fingerprint density at radius 1 is 0.339 bits per heavy atom. The minimum absolute atomic E-state index is 0.113. The number of nitrogens with zero attached hydrogens (tertiary/aromatic N) is 2. The van der Waals surface area contributed by atoms with Gasteiger partial charge in [-0.25, -0.2) is 0 Å². The largest absolute Gasteiger partial charge is 0.271 e. The van der Waals surface area contributed by atoms with Crippen LogP contribution in [0.25, 0.3) is 43.1 Å². The lowest BCUT2D eigenvalue weighted by Gasteiger charge is -2.35. The van der Waals surface area contributed by atoms with Gasteiger partial charge in [-0.3, -0.25) is 29.0 Å². The van der Waals surface area contributed by atoms with Gasteiger partial charge in [0.1, 0.15) is 0 Å². The molecule has 0 atom stereocenters. The molecule has 5 aromatic carbocycles. The van der Waals surface area contributed by atoms with E-state index < -0.39 is 0 Å². The highest BCUT2D eigenvalue weighted by atomic mass is 16.2. The highest BCUT2D eigenvalue weighted by Crippen LogP contribution is 2.47. The summed E-state index contributed by atoms with van der Waals surface area (Å²) < 4.78 is 0. The summed E-state index contributed by atoms with van der Waals surface area (Å²) in [5.41, 5.74) is 2.36. The molecule has 2 heterocycles. The number of fused-ring (bicyclic) bond motifs is 2. The molecule has 0 spiro atoms. The third-order valence-corrected chi connectivity index (χ3v) is 13.0. The lowest BCUT2D eigenvalue weighted by atomic mass is 9.81. The third-order valence-electron chi connectivity index (χ3n) is 13.0. The third kappa shape index (κ3) is 8.79. The van der Waals surface area contributed by atoms with Gasteiger partial charge in [-0.05, 0) is 82.3 Å². The fraction of sp³-hybridized carbons (Fsp3) is 0.547. The molecular weight excluding hydrogens is 729 g/mol.